The number of non-ortho nitro benzene ring substituents is 1. The second-order valence-corrected chi connectivity index (χ2v) is 8.33. The molecule has 2 rings (SSSR count). The Hall–Kier alpha value is -2.16. The number of hydrogen-bond donors (Lipinski definition) is 0. The highest BCUT2D eigenvalue weighted by Gasteiger charge is 2.50. The molecule has 0 aromatic heterocycles. The third-order valence-electron chi connectivity index (χ3n) is 6.58. The van der Waals surface area contributed by atoms with E-state index in [1.807, 2.05) is 12.1 Å². The second kappa shape index (κ2) is 10.6. The van der Waals surface area contributed by atoms with Crippen molar-refractivity contribution in [3.8, 4) is 0 Å². The van der Waals surface area contributed by atoms with Crippen molar-refractivity contribution < 1.29 is 4.92 Å². The number of benzene rings is 2. The summed E-state index contributed by atoms with van der Waals surface area (Å²) in [5.41, 5.74) is 2.85. The average Bonchev–Trinajstić information content (AvgIpc) is 2.74. The lowest BCUT2D eigenvalue weighted by Gasteiger charge is -2.53. The molecule has 0 aliphatic heterocycles. The Labute approximate surface area is 176 Å². The maximum Gasteiger partial charge on any atom is 0.269 e. The van der Waals surface area contributed by atoms with Gasteiger partial charge in [-0.3, -0.25) is 10.1 Å². The minimum Gasteiger partial charge on any atom is -0.258 e. The van der Waals surface area contributed by atoms with Crippen LogP contribution in [0.1, 0.15) is 90.2 Å². The summed E-state index contributed by atoms with van der Waals surface area (Å²) in [5.74, 6) is 0. The van der Waals surface area contributed by atoms with Crippen molar-refractivity contribution in [1.29, 1.82) is 0 Å². The van der Waals surface area contributed by atoms with E-state index >= 15 is 0 Å². The molecule has 0 unspecified atom stereocenters. The third kappa shape index (κ3) is 4.55. The van der Waals surface area contributed by atoms with Crippen molar-refractivity contribution in [2.45, 2.75) is 89.9 Å². The molecule has 0 N–H and O–H groups in total. The van der Waals surface area contributed by atoms with Crippen molar-refractivity contribution in [3.63, 3.8) is 0 Å². The number of nitro groups is 1. The van der Waals surface area contributed by atoms with E-state index < -0.39 is 0 Å². The zero-order chi connectivity index (χ0) is 21.3. The summed E-state index contributed by atoms with van der Waals surface area (Å²) >= 11 is 0. The molecule has 0 radical (unpaired) electrons. The van der Waals surface area contributed by atoms with Gasteiger partial charge in [0, 0.05) is 23.0 Å². The number of nitro benzene ring substituents is 1. The molecule has 2 aromatic rings. The number of nitrogens with zero attached hydrogens (tertiary/aromatic N) is 1. The monoisotopic (exact) mass is 395 g/mol. The predicted octanol–water partition coefficient (Wildman–Crippen LogP) is 7.97. The lowest BCUT2D eigenvalue weighted by Crippen LogP contribution is -2.49. The van der Waals surface area contributed by atoms with Crippen LogP contribution in [0.15, 0.2) is 54.6 Å². The van der Waals surface area contributed by atoms with Crippen LogP contribution < -0.4 is 0 Å². The van der Waals surface area contributed by atoms with Gasteiger partial charge in [-0.2, -0.15) is 0 Å². The van der Waals surface area contributed by atoms with Crippen LogP contribution in [0.2, 0.25) is 0 Å². The first-order valence-corrected chi connectivity index (χ1v) is 11.3. The summed E-state index contributed by atoms with van der Waals surface area (Å²) < 4.78 is 0. The Kier molecular flexibility index (Phi) is 8.43. The highest BCUT2D eigenvalue weighted by Crippen LogP contribution is 2.55. The third-order valence-corrected chi connectivity index (χ3v) is 6.58. The summed E-state index contributed by atoms with van der Waals surface area (Å²) in [7, 11) is 0. The van der Waals surface area contributed by atoms with Crippen molar-refractivity contribution in [2.24, 2.45) is 0 Å². The van der Waals surface area contributed by atoms with E-state index in [-0.39, 0.29) is 21.4 Å². The summed E-state index contributed by atoms with van der Waals surface area (Å²) in [6.45, 7) is 9.10. The molecule has 0 aliphatic carbocycles. The summed E-state index contributed by atoms with van der Waals surface area (Å²) in [6.07, 6.45) is 8.87. The standard InChI is InChI=1S/C26H37NO2/c1-5-18-25(19-6-2,22-12-10-9-11-13-22)26(20-7-3,21-8-4)23-14-16-24(17-15-23)27(28)29/h9-17H,5-8,18-21H2,1-4H3. The fraction of sp³-hybridized carbons (Fsp3) is 0.538. The zero-order valence-corrected chi connectivity index (χ0v) is 18.6. The molecule has 3 nitrogen and oxygen atoms in total. The fourth-order valence-corrected chi connectivity index (χ4v) is 5.70. The van der Waals surface area contributed by atoms with E-state index in [9.17, 15) is 10.1 Å². The van der Waals surface area contributed by atoms with Gasteiger partial charge in [0.15, 0.2) is 0 Å². The molecule has 0 amide bonds. The molecule has 0 aliphatic rings. The zero-order valence-electron chi connectivity index (χ0n) is 18.6. The lowest BCUT2D eigenvalue weighted by molar-refractivity contribution is -0.384. The van der Waals surface area contributed by atoms with Gasteiger partial charge in [0.2, 0.25) is 0 Å². The lowest BCUT2D eigenvalue weighted by atomic mass is 9.50. The number of rotatable bonds is 12. The molecule has 0 fully saturated rings. The van der Waals surface area contributed by atoms with Crippen LogP contribution >= 0.6 is 0 Å². The Balaban J connectivity index is 2.81. The van der Waals surface area contributed by atoms with Crippen LogP contribution in [0.3, 0.4) is 0 Å². The van der Waals surface area contributed by atoms with Crippen LogP contribution in [0, 0.1) is 10.1 Å². The van der Waals surface area contributed by atoms with Gasteiger partial charge in [0.25, 0.3) is 5.69 Å². The highest BCUT2D eigenvalue weighted by molar-refractivity contribution is 5.43. The van der Waals surface area contributed by atoms with Crippen LogP contribution in [0.5, 0.6) is 0 Å². The van der Waals surface area contributed by atoms with E-state index in [4.69, 9.17) is 0 Å². The van der Waals surface area contributed by atoms with Crippen LogP contribution in [-0.4, -0.2) is 4.92 Å². The van der Waals surface area contributed by atoms with Gasteiger partial charge in [-0.05, 0) is 36.8 Å². The van der Waals surface area contributed by atoms with E-state index in [1.165, 1.54) is 11.1 Å². The highest BCUT2D eigenvalue weighted by atomic mass is 16.6. The van der Waals surface area contributed by atoms with Crippen LogP contribution in [0.25, 0.3) is 0 Å². The van der Waals surface area contributed by atoms with Crippen molar-refractivity contribution in [1.82, 2.24) is 0 Å². The molecule has 0 saturated heterocycles. The quantitative estimate of drug-likeness (QED) is 0.270. The largest absolute Gasteiger partial charge is 0.269 e. The van der Waals surface area contributed by atoms with Crippen LogP contribution in [-0.2, 0) is 10.8 Å². The normalized spacial score (nSPS) is 12.1. The Morgan fingerprint density at radius 3 is 1.38 bits per heavy atom. The molecule has 29 heavy (non-hydrogen) atoms. The second-order valence-electron chi connectivity index (χ2n) is 8.33. The van der Waals surface area contributed by atoms with E-state index in [1.54, 1.807) is 12.1 Å². The molecule has 2 aromatic carbocycles. The topological polar surface area (TPSA) is 43.1 Å². The first-order valence-electron chi connectivity index (χ1n) is 11.3. The SMILES string of the molecule is CCCC(CCC)(c1ccccc1)C(CCC)(CCC)c1ccc([N+](=O)[O-])cc1. The fourth-order valence-electron chi connectivity index (χ4n) is 5.70. The smallest absolute Gasteiger partial charge is 0.258 e. The van der Waals surface area contributed by atoms with Gasteiger partial charge < -0.3 is 0 Å². The van der Waals surface area contributed by atoms with Crippen molar-refractivity contribution in [3.05, 3.63) is 75.8 Å². The minimum absolute atomic E-state index is 0.0277. The molecule has 0 saturated carbocycles. The molecule has 0 bridgehead atoms. The van der Waals surface area contributed by atoms with E-state index in [2.05, 4.69) is 58.0 Å². The van der Waals surface area contributed by atoms with Crippen molar-refractivity contribution in [2.75, 3.05) is 0 Å². The molecule has 158 valence electrons. The van der Waals surface area contributed by atoms with Gasteiger partial charge in [-0.1, -0.05) is 95.8 Å². The maximum absolute atomic E-state index is 11.2. The average molecular weight is 396 g/mol. The van der Waals surface area contributed by atoms with E-state index in [0.717, 1.165) is 51.4 Å². The Morgan fingerprint density at radius 2 is 1.03 bits per heavy atom. The van der Waals surface area contributed by atoms with Crippen LogP contribution in [0.4, 0.5) is 5.69 Å². The first-order chi connectivity index (χ1) is 14.0. The van der Waals surface area contributed by atoms with Gasteiger partial charge in [0.05, 0.1) is 4.92 Å². The van der Waals surface area contributed by atoms with Crippen molar-refractivity contribution >= 4 is 5.69 Å². The number of hydrogen-bond acceptors (Lipinski definition) is 2. The first kappa shape index (κ1) is 23.1. The minimum atomic E-state index is -0.298. The van der Waals surface area contributed by atoms with Gasteiger partial charge in [0.1, 0.15) is 0 Å². The molecule has 3 heteroatoms. The maximum atomic E-state index is 11.2. The molecule has 0 heterocycles. The molecular weight excluding hydrogens is 358 g/mol. The Bertz CT molecular complexity index is 740. The molecular formula is C26H37NO2. The summed E-state index contributed by atoms with van der Waals surface area (Å²) in [5, 5.41) is 11.2. The van der Waals surface area contributed by atoms with Gasteiger partial charge >= 0.3 is 0 Å². The summed E-state index contributed by atoms with van der Waals surface area (Å²) in [4.78, 5) is 10.9. The molecule has 0 spiro atoms. The van der Waals surface area contributed by atoms with Gasteiger partial charge in [-0.15, -0.1) is 0 Å². The summed E-state index contributed by atoms with van der Waals surface area (Å²) in [6, 6.07) is 18.5. The van der Waals surface area contributed by atoms with Gasteiger partial charge in [-0.25, -0.2) is 0 Å². The molecule has 0 atom stereocenters. The Morgan fingerprint density at radius 1 is 0.655 bits per heavy atom. The predicted molar refractivity (Wildman–Crippen MR) is 123 cm³/mol. The van der Waals surface area contributed by atoms with E-state index in [0.29, 0.717) is 0 Å².